The molecule has 0 saturated heterocycles. The van der Waals surface area contributed by atoms with E-state index in [1.54, 1.807) is 0 Å². The normalized spacial score (nSPS) is 10.5. The van der Waals surface area contributed by atoms with Crippen molar-refractivity contribution in [1.82, 2.24) is 4.98 Å². The number of nitrogens with two attached hydrogens (primary N) is 1. The molecular formula is C9H10F2N2O3. The van der Waals surface area contributed by atoms with Crippen LogP contribution < -0.4 is 10.5 Å². The number of halogens is 2. The summed E-state index contributed by atoms with van der Waals surface area (Å²) in [7, 11) is 1.25. The second-order valence-electron chi connectivity index (χ2n) is 2.98. The van der Waals surface area contributed by atoms with Gasteiger partial charge in [0.1, 0.15) is 17.3 Å². The molecule has 1 aromatic heterocycles. The highest BCUT2D eigenvalue weighted by atomic mass is 19.3. The van der Waals surface area contributed by atoms with Crippen LogP contribution in [0.4, 0.5) is 14.6 Å². The number of ether oxygens (including phenoxy) is 1. The van der Waals surface area contributed by atoms with E-state index in [1.165, 1.54) is 13.2 Å². The quantitative estimate of drug-likeness (QED) is 0.815. The van der Waals surface area contributed by atoms with Gasteiger partial charge < -0.3 is 15.6 Å². The first-order chi connectivity index (χ1) is 7.45. The maximum absolute atomic E-state index is 12.6. The average molecular weight is 232 g/mol. The first-order valence-corrected chi connectivity index (χ1v) is 4.29. The number of alkyl halides is 2. The summed E-state index contributed by atoms with van der Waals surface area (Å²) in [5.74, 6) is -1.38. The molecule has 0 atom stereocenters. The second kappa shape index (κ2) is 4.73. The maximum atomic E-state index is 12.6. The van der Waals surface area contributed by atoms with E-state index < -0.39 is 24.5 Å². The number of hydrogen-bond acceptors (Lipinski definition) is 4. The van der Waals surface area contributed by atoms with Gasteiger partial charge in [-0.05, 0) is 0 Å². The van der Waals surface area contributed by atoms with Gasteiger partial charge >= 0.3 is 5.97 Å². The summed E-state index contributed by atoms with van der Waals surface area (Å²) in [4.78, 5) is 14.0. The highest BCUT2D eigenvalue weighted by Crippen LogP contribution is 2.30. The van der Waals surface area contributed by atoms with Gasteiger partial charge in [0.25, 0.3) is 6.43 Å². The van der Waals surface area contributed by atoms with Crippen molar-refractivity contribution in [3.8, 4) is 5.75 Å². The summed E-state index contributed by atoms with van der Waals surface area (Å²) in [5, 5.41) is 8.60. The zero-order valence-electron chi connectivity index (χ0n) is 8.41. The Labute approximate surface area is 89.9 Å². The Kier molecular flexibility index (Phi) is 3.60. The second-order valence-corrected chi connectivity index (χ2v) is 2.98. The lowest BCUT2D eigenvalue weighted by atomic mass is 10.1. The molecule has 0 aliphatic heterocycles. The predicted octanol–water partition coefficient (Wildman–Crippen LogP) is 1.24. The molecule has 0 amide bonds. The minimum atomic E-state index is -2.90. The smallest absolute Gasteiger partial charge is 0.308 e. The van der Waals surface area contributed by atoms with E-state index in [4.69, 9.17) is 15.6 Å². The highest BCUT2D eigenvalue weighted by molar-refractivity contribution is 5.72. The standard InChI is InChI=1S/C9H10F2N2O3/c1-16-5-3-6(12)13-8(9(10)11)4(5)2-7(14)15/h3,9H,2H2,1H3,(H2,12,13)(H,14,15). The monoisotopic (exact) mass is 232 g/mol. The zero-order chi connectivity index (χ0) is 12.3. The molecular weight excluding hydrogens is 222 g/mol. The molecule has 88 valence electrons. The van der Waals surface area contributed by atoms with E-state index in [1.807, 2.05) is 0 Å². The number of aromatic nitrogens is 1. The number of anilines is 1. The number of methoxy groups -OCH3 is 1. The largest absolute Gasteiger partial charge is 0.496 e. The number of rotatable bonds is 4. The molecule has 1 rings (SSSR count). The number of aliphatic carboxylic acids is 1. The van der Waals surface area contributed by atoms with Crippen LogP contribution in [0.1, 0.15) is 17.7 Å². The van der Waals surface area contributed by atoms with Crippen molar-refractivity contribution >= 4 is 11.8 Å². The van der Waals surface area contributed by atoms with Crippen LogP contribution in [-0.4, -0.2) is 23.2 Å². The van der Waals surface area contributed by atoms with E-state index in [9.17, 15) is 13.6 Å². The van der Waals surface area contributed by atoms with Crippen LogP contribution in [0, 0.1) is 0 Å². The van der Waals surface area contributed by atoms with Crippen LogP contribution in [0.25, 0.3) is 0 Å². The lowest BCUT2D eigenvalue weighted by Gasteiger charge is -2.12. The highest BCUT2D eigenvalue weighted by Gasteiger charge is 2.21. The number of nitrogen functional groups attached to an aromatic ring is 1. The van der Waals surface area contributed by atoms with Crippen molar-refractivity contribution in [3.05, 3.63) is 17.3 Å². The third-order valence-electron chi connectivity index (χ3n) is 1.89. The summed E-state index contributed by atoms with van der Waals surface area (Å²) in [6.45, 7) is 0. The molecule has 1 heterocycles. The lowest BCUT2D eigenvalue weighted by Crippen LogP contribution is -2.09. The Morgan fingerprint density at radius 2 is 2.31 bits per heavy atom. The zero-order valence-corrected chi connectivity index (χ0v) is 8.41. The van der Waals surface area contributed by atoms with Gasteiger partial charge in [0.05, 0.1) is 13.5 Å². The van der Waals surface area contributed by atoms with Gasteiger partial charge in [-0.25, -0.2) is 13.8 Å². The number of nitrogens with zero attached hydrogens (tertiary/aromatic N) is 1. The Bertz CT molecular complexity index is 410. The van der Waals surface area contributed by atoms with Gasteiger partial charge in [-0.15, -0.1) is 0 Å². The molecule has 0 spiro atoms. The minimum Gasteiger partial charge on any atom is -0.496 e. The number of pyridine rings is 1. The molecule has 0 aromatic carbocycles. The summed E-state index contributed by atoms with van der Waals surface area (Å²) in [6.07, 6.45) is -3.48. The van der Waals surface area contributed by atoms with Crippen LogP contribution >= 0.6 is 0 Å². The first kappa shape index (κ1) is 12.2. The van der Waals surface area contributed by atoms with Gasteiger partial charge in [-0.3, -0.25) is 4.79 Å². The van der Waals surface area contributed by atoms with Crippen molar-refractivity contribution in [2.24, 2.45) is 0 Å². The fourth-order valence-corrected chi connectivity index (χ4v) is 1.28. The third kappa shape index (κ3) is 2.56. The number of hydrogen-bond donors (Lipinski definition) is 2. The van der Waals surface area contributed by atoms with E-state index in [0.29, 0.717) is 0 Å². The number of carboxylic acids is 1. The molecule has 0 radical (unpaired) electrons. The van der Waals surface area contributed by atoms with Crippen molar-refractivity contribution in [3.63, 3.8) is 0 Å². The van der Waals surface area contributed by atoms with Crippen molar-refractivity contribution in [1.29, 1.82) is 0 Å². The molecule has 0 aliphatic rings. The summed E-state index contributed by atoms with van der Waals surface area (Å²) >= 11 is 0. The SMILES string of the molecule is COc1cc(N)nc(C(F)F)c1CC(=O)O. The van der Waals surface area contributed by atoms with Crippen molar-refractivity contribution < 1.29 is 23.4 Å². The van der Waals surface area contributed by atoms with Gasteiger partial charge in [0, 0.05) is 11.6 Å². The molecule has 7 heteroatoms. The average Bonchev–Trinajstić information content (AvgIpc) is 2.19. The van der Waals surface area contributed by atoms with Crippen LogP contribution in [0.5, 0.6) is 5.75 Å². The summed E-state index contributed by atoms with van der Waals surface area (Å²) in [6, 6.07) is 1.21. The number of carboxylic acid groups (broad SMARTS) is 1. The minimum absolute atomic E-state index is 0.00481. The van der Waals surface area contributed by atoms with Gasteiger partial charge in [0.2, 0.25) is 0 Å². The Hall–Kier alpha value is -1.92. The van der Waals surface area contributed by atoms with Crippen molar-refractivity contribution in [2.75, 3.05) is 12.8 Å². The molecule has 0 aliphatic carbocycles. The van der Waals surface area contributed by atoms with E-state index >= 15 is 0 Å². The molecule has 0 bridgehead atoms. The third-order valence-corrected chi connectivity index (χ3v) is 1.89. The molecule has 16 heavy (non-hydrogen) atoms. The molecule has 0 fully saturated rings. The van der Waals surface area contributed by atoms with Crippen LogP contribution in [-0.2, 0) is 11.2 Å². The lowest BCUT2D eigenvalue weighted by molar-refractivity contribution is -0.136. The molecule has 0 unspecified atom stereocenters. The Morgan fingerprint density at radius 3 is 2.75 bits per heavy atom. The van der Waals surface area contributed by atoms with Crippen LogP contribution in [0.15, 0.2) is 6.07 Å². The Morgan fingerprint density at radius 1 is 1.69 bits per heavy atom. The summed E-state index contributed by atoms with van der Waals surface area (Å²) in [5.41, 5.74) is 4.49. The predicted molar refractivity (Wildman–Crippen MR) is 51.5 cm³/mol. The first-order valence-electron chi connectivity index (χ1n) is 4.29. The number of carbonyl (C=O) groups is 1. The van der Waals surface area contributed by atoms with Gasteiger partial charge in [0.15, 0.2) is 0 Å². The van der Waals surface area contributed by atoms with Gasteiger partial charge in [-0.1, -0.05) is 0 Å². The van der Waals surface area contributed by atoms with Crippen LogP contribution in [0.2, 0.25) is 0 Å². The van der Waals surface area contributed by atoms with E-state index in [-0.39, 0.29) is 17.1 Å². The summed E-state index contributed by atoms with van der Waals surface area (Å²) < 4.78 is 30.0. The van der Waals surface area contributed by atoms with Crippen molar-refractivity contribution in [2.45, 2.75) is 12.8 Å². The Balaban J connectivity index is 3.32. The molecule has 5 nitrogen and oxygen atoms in total. The van der Waals surface area contributed by atoms with E-state index in [2.05, 4.69) is 4.98 Å². The molecule has 3 N–H and O–H groups in total. The van der Waals surface area contributed by atoms with Gasteiger partial charge in [-0.2, -0.15) is 0 Å². The maximum Gasteiger partial charge on any atom is 0.308 e. The fourth-order valence-electron chi connectivity index (χ4n) is 1.28. The van der Waals surface area contributed by atoms with E-state index in [0.717, 1.165) is 0 Å². The van der Waals surface area contributed by atoms with Crippen LogP contribution in [0.3, 0.4) is 0 Å². The molecule has 0 saturated carbocycles. The molecule has 1 aromatic rings. The topological polar surface area (TPSA) is 85.4 Å². The fraction of sp³-hybridized carbons (Fsp3) is 0.333.